The second-order valence-corrected chi connectivity index (χ2v) is 6.86. The van der Waals surface area contributed by atoms with Crippen LogP contribution in [0.3, 0.4) is 0 Å². The highest BCUT2D eigenvalue weighted by Gasteiger charge is 2.26. The third-order valence-electron chi connectivity index (χ3n) is 4.85. The topological polar surface area (TPSA) is 30.3 Å². The standard InChI is InChI=1S/C20H35N3/c1-5-9-19(14-21)10-8-12-23-16-20(17-23)15-22(7-3)13-11-18(4)6-2/h8-10,18,20H,5-7,11-13,15-17H2,1-4H3/b10-8-,19-9+. The van der Waals surface area contributed by atoms with Gasteiger partial charge in [-0.15, -0.1) is 0 Å². The monoisotopic (exact) mass is 317 g/mol. The van der Waals surface area contributed by atoms with Crippen molar-refractivity contribution in [3.63, 3.8) is 0 Å². The zero-order valence-electron chi connectivity index (χ0n) is 15.6. The van der Waals surface area contributed by atoms with E-state index in [1.165, 1.54) is 45.6 Å². The second-order valence-electron chi connectivity index (χ2n) is 6.86. The van der Waals surface area contributed by atoms with Gasteiger partial charge in [-0.3, -0.25) is 4.90 Å². The molecule has 3 nitrogen and oxygen atoms in total. The molecule has 1 unspecified atom stereocenters. The van der Waals surface area contributed by atoms with Crippen molar-refractivity contribution in [2.24, 2.45) is 11.8 Å². The summed E-state index contributed by atoms with van der Waals surface area (Å²) in [6.07, 6.45) is 9.60. The second kappa shape index (κ2) is 11.4. The summed E-state index contributed by atoms with van der Waals surface area (Å²) in [5.41, 5.74) is 0.784. The lowest BCUT2D eigenvalue weighted by molar-refractivity contribution is 0.0775. The Hall–Kier alpha value is -1.11. The van der Waals surface area contributed by atoms with Gasteiger partial charge in [0.25, 0.3) is 0 Å². The number of nitrogens with zero attached hydrogens (tertiary/aromatic N) is 3. The predicted molar refractivity (Wildman–Crippen MR) is 99.2 cm³/mol. The minimum Gasteiger partial charge on any atom is -0.303 e. The van der Waals surface area contributed by atoms with Gasteiger partial charge in [-0.25, -0.2) is 0 Å². The number of allylic oxidation sites excluding steroid dienone is 3. The molecule has 1 aliphatic heterocycles. The summed E-state index contributed by atoms with van der Waals surface area (Å²) >= 11 is 0. The fourth-order valence-electron chi connectivity index (χ4n) is 2.99. The smallest absolute Gasteiger partial charge is 0.0988 e. The lowest BCUT2D eigenvalue weighted by atomic mass is 9.98. The van der Waals surface area contributed by atoms with Crippen molar-refractivity contribution in [3.8, 4) is 6.07 Å². The first kappa shape index (κ1) is 19.9. The number of hydrogen-bond acceptors (Lipinski definition) is 3. The first-order valence-corrected chi connectivity index (χ1v) is 9.34. The zero-order chi connectivity index (χ0) is 17.1. The maximum atomic E-state index is 8.98. The van der Waals surface area contributed by atoms with Crippen LogP contribution in [0.4, 0.5) is 0 Å². The predicted octanol–water partition coefficient (Wildman–Crippen LogP) is 4.09. The van der Waals surface area contributed by atoms with Crippen LogP contribution >= 0.6 is 0 Å². The van der Waals surface area contributed by atoms with E-state index >= 15 is 0 Å². The molecule has 23 heavy (non-hydrogen) atoms. The Kier molecular flexibility index (Phi) is 9.91. The molecule has 0 amide bonds. The maximum Gasteiger partial charge on any atom is 0.0988 e. The molecule has 0 aromatic rings. The maximum absolute atomic E-state index is 8.98. The molecule has 1 heterocycles. The summed E-state index contributed by atoms with van der Waals surface area (Å²) in [6, 6.07) is 2.23. The Bertz CT molecular complexity index is 413. The van der Waals surface area contributed by atoms with Crippen LogP contribution in [0.5, 0.6) is 0 Å². The van der Waals surface area contributed by atoms with Crippen LogP contribution in [-0.2, 0) is 0 Å². The van der Waals surface area contributed by atoms with E-state index in [1.807, 2.05) is 12.2 Å². The normalized spacial score (nSPS) is 18.3. The van der Waals surface area contributed by atoms with Crippen LogP contribution in [-0.4, -0.2) is 49.1 Å². The van der Waals surface area contributed by atoms with Gasteiger partial charge in [0.05, 0.1) is 6.07 Å². The summed E-state index contributed by atoms with van der Waals surface area (Å²) < 4.78 is 0. The number of rotatable bonds is 11. The van der Waals surface area contributed by atoms with E-state index in [-0.39, 0.29) is 0 Å². The minimum absolute atomic E-state index is 0.784. The van der Waals surface area contributed by atoms with Crippen molar-refractivity contribution in [3.05, 3.63) is 23.8 Å². The number of hydrogen-bond donors (Lipinski definition) is 0. The molecule has 0 aromatic heterocycles. The lowest BCUT2D eigenvalue weighted by Crippen LogP contribution is -2.51. The Labute approximate surface area is 143 Å². The minimum atomic E-state index is 0.784. The third-order valence-corrected chi connectivity index (χ3v) is 4.85. The van der Waals surface area contributed by atoms with Gasteiger partial charge < -0.3 is 4.90 Å². The fraction of sp³-hybridized carbons (Fsp3) is 0.750. The molecule has 1 aliphatic rings. The molecule has 0 spiro atoms. The molecular weight excluding hydrogens is 282 g/mol. The summed E-state index contributed by atoms with van der Waals surface area (Å²) in [4.78, 5) is 5.08. The van der Waals surface area contributed by atoms with E-state index in [0.29, 0.717) is 0 Å². The van der Waals surface area contributed by atoms with Crippen LogP contribution in [0.1, 0.15) is 47.0 Å². The first-order chi connectivity index (χ1) is 11.1. The van der Waals surface area contributed by atoms with E-state index in [4.69, 9.17) is 5.26 Å². The van der Waals surface area contributed by atoms with Crippen molar-refractivity contribution in [1.82, 2.24) is 9.80 Å². The van der Waals surface area contributed by atoms with E-state index in [2.05, 4.69) is 49.6 Å². The van der Waals surface area contributed by atoms with E-state index < -0.39 is 0 Å². The van der Waals surface area contributed by atoms with E-state index in [0.717, 1.165) is 30.4 Å². The third kappa shape index (κ3) is 7.81. The van der Waals surface area contributed by atoms with Crippen molar-refractivity contribution < 1.29 is 0 Å². The molecule has 0 saturated carbocycles. The molecule has 0 radical (unpaired) electrons. The average molecular weight is 318 g/mol. The van der Waals surface area contributed by atoms with E-state index in [9.17, 15) is 0 Å². The van der Waals surface area contributed by atoms with Crippen LogP contribution in [0, 0.1) is 23.2 Å². The van der Waals surface area contributed by atoms with Crippen LogP contribution in [0.25, 0.3) is 0 Å². The molecular formula is C20H35N3. The molecule has 0 aliphatic carbocycles. The molecule has 0 aromatic carbocycles. The molecule has 3 heteroatoms. The van der Waals surface area contributed by atoms with Gasteiger partial charge >= 0.3 is 0 Å². The summed E-state index contributed by atoms with van der Waals surface area (Å²) in [7, 11) is 0. The van der Waals surface area contributed by atoms with Gasteiger partial charge in [0.2, 0.25) is 0 Å². The van der Waals surface area contributed by atoms with Crippen molar-refractivity contribution in [2.45, 2.75) is 47.0 Å². The zero-order valence-corrected chi connectivity index (χ0v) is 15.6. The molecule has 1 atom stereocenters. The van der Waals surface area contributed by atoms with Crippen LogP contribution in [0.2, 0.25) is 0 Å². The Morgan fingerprint density at radius 3 is 2.65 bits per heavy atom. The lowest BCUT2D eigenvalue weighted by Gasteiger charge is -2.41. The Balaban J connectivity index is 2.21. The van der Waals surface area contributed by atoms with Gasteiger partial charge in [-0.05, 0) is 43.8 Å². The molecule has 0 N–H and O–H groups in total. The summed E-state index contributed by atoms with van der Waals surface area (Å²) in [5, 5.41) is 8.98. The fourth-order valence-corrected chi connectivity index (χ4v) is 2.99. The molecule has 1 fully saturated rings. The van der Waals surface area contributed by atoms with Gasteiger partial charge in [-0.2, -0.15) is 5.26 Å². The Morgan fingerprint density at radius 1 is 1.35 bits per heavy atom. The highest BCUT2D eigenvalue weighted by molar-refractivity contribution is 5.32. The van der Waals surface area contributed by atoms with Gasteiger partial charge in [0.15, 0.2) is 0 Å². The SMILES string of the molecule is CC/C=C(C#N)\C=C/CN1CC(CN(CC)CCC(C)CC)C1. The quantitative estimate of drug-likeness (QED) is 0.425. The summed E-state index contributed by atoms with van der Waals surface area (Å²) in [6.45, 7) is 16.0. The average Bonchev–Trinajstić information content (AvgIpc) is 2.53. The van der Waals surface area contributed by atoms with E-state index in [1.54, 1.807) is 0 Å². The van der Waals surface area contributed by atoms with Crippen molar-refractivity contribution in [1.29, 1.82) is 5.26 Å². The van der Waals surface area contributed by atoms with Gasteiger partial charge in [0, 0.05) is 31.8 Å². The van der Waals surface area contributed by atoms with Crippen LogP contribution in [0.15, 0.2) is 23.8 Å². The molecule has 1 saturated heterocycles. The van der Waals surface area contributed by atoms with Gasteiger partial charge in [-0.1, -0.05) is 46.3 Å². The van der Waals surface area contributed by atoms with Crippen molar-refractivity contribution >= 4 is 0 Å². The van der Waals surface area contributed by atoms with Crippen LogP contribution < -0.4 is 0 Å². The highest BCUT2D eigenvalue weighted by atomic mass is 15.2. The van der Waals surface area contributed by atoms with Gasteiger partial charge in [0.1, 0.15) is 0 Å². The molecule has 130 valence electrons. The van der Waals surface area contributed by atoms with Crippen molar-refractivity contribution in [2.75, 3.05) is 39.3 Å². The molecule has 1 rings (SSSR count). The molecule has 0 bridgehead atoms. The largest absolute Gasteiger partial charge is 0.303 e. The highest BCUT2D eigenvalue weighted by Crippen LogP contribution is 2.17. The number of likely N-dealkylation sites (tertiary alicyclic amines) is 1. The number of nitriles is 1. The Morgan fingerprint density at radius 2 is 2.09 bits per heavy atom. The first-order valence-electron chi connectivity index (χ1n) is 9.34. The summed E-state index contributed by atoms with van der Waals surface area (Å²) in [5.74, 6) is 1.67.